The molecule has 0 saturated heterocycles. The minimum absolute atomic E-state index is 0.361. The number of nitrogens with zero attached hydrogens (tertiary/aromatic N) is 4. The summed E-state index contributed by atoms with van der Waals surface area (Å²) in [5.41, 5.74) is 0. The van der Waals surface area contributed by atoms with Crippen molar-refractivity contribution in [1.29, 1.82) is 0 Å². The van der Waals surface area contributed by atoms with Gasteiger partial charge >= 0.3 is 0 Å². The second-order valence-corrected chi connectivity index (χ2v) is 1.98. The van der Waals surface area contributed by atoms with Crippen LogP contribution in [0.15, 0.2) is 10.9 Å². The molecule has 0 aliphatic heterocycles. The Balaban J connectivity index is 2.45. The van der Waals surface area contributed by atoms with Crippen LogP contribution in [0.3, 0.4) is 0 Å². The van der Waals surface area contributed by atoms with E-state index < -0.39 is 0 Å². The number of aromatic amines is 1. The Bertz CT molecular complexity index is 337. The lowest BCUT2D eigenvalue weighted by atomic mass is 10.6. The zero-order valence-electron chi connectivity index (χ0n) is 5.77. The van der Waals surface area contributed by atoms with Gasteiger partial charge in [0.2, 0.25) is 5.82 Å². The zero-order chi connectivity index (χ0) is 7.68. The highest BCUT2D eigenvalue weighted by molar-refractivity contribution is 5.37. The molecule has 0 amide bonds. The van der Waals surface area contributed by atoms with Crippen LogP contribution in [0.4, 0.5) is 0 Å². The van der Waals surface area contributed by atoms with Crippen molar-refractivity contribution in [3.8, 4) is 11.7 Å². The van der Waals surface area contributed by atoms with Crippen LogP contribution in [0.25, 0.3) is 11.7 Å². The lowest BCUT2D eigenvalue weighted by Gasteiger charge is -1.79. The maximum absolute atomic E-state index is 4.81. The summed E-state index contributed by atoms with van der Waals surface area (Å²) >= 11 is 0. The Morgan fingerprint density at radius 1 is 1.55 bits per heavy atom. The van der Waals surface area contributed by atoms with E-state index in [2.05, 4.69) is 25.3 Å². The molecule has 0 atom stereocenters. The Morgan fingerprint density at radius 3 is 3.00 bits per heavy atom. The summed E-state index contributed by atoms with van der Waals surface area (Å²) < 4.78 is 4.81. The maximum Gasteiger partial charge on any atom is 0.295 e. The molecule has 0 bridgehead atoms. The van der Waals surface area contributed by atoms with E-state index in [1.807, 2.05) is 0 Å². The number of aromatic nitrogens is 5. The average molecular weight is 151 g/mol. The van der Waals surface area contributed by atoms with Gasteiger partial charge in [0.25, 0.3) is 5.89 Å². The number of H-pyrrole nitrogens is 1. The van der Waals surface area contributed by atoms with E-state index in [0.717, 1.165) is 0 Å². The van der Waals surface area contributed by atoms with Crippen molar-refractivity contribution in [2.24, 2.45) is 0 Å². The topological polar surface area (TPSA) is 80.5 Å². The van der Waals surface area contributed by atoms with E-state index in [9.17, 15) is 0 Å². The fourth-order valence-corrected chi connectivity index (χ4v) is 0.702. The molecule has 0 unspecified atom stereocenters. The maximum atomic E-state index is 4.81. The van der Waals surface area contributed by atoms with Crippen molar-refractivity contribution in [2.45, 2.75) is 6.92 Å². The lowest BCUT2D eigenvalue weighted by molar-refractivity contribution is 0.423. The molecule has 6 nitrogen and oxygen atoms in total. The van der Waals surface area contributed by atoms with Gasteiger partial charge in [-0.25, -0.2) is 4.98 Å². The Labute approximate surface area is 61.7 Å². The molecule has 1 N–H and O–H groups in total. The molecule has 0 saturated carbocycles. The molecule has 2 aromatic rings. The average Bonchev–Trinajstić information content (AvgIpc) is 2.55. The predicted octanol–water partition coefficient (Wildman–Crippen LogP) is 0.163. The van der Waals surface area contributed by atoms with Crippen LogP contribution in [-0.4, -0.2) is 25.3 Å². The minimum Gasteiger partial charge on any atom is -0.331 e. The number of hydrogen-bond acceptors (Lipinski definition) is 5. The fourth-order valence-electron chi connectivity index (χ4n) is 0.702. The first kappa shape index (κ1) is 6.02. The zero-order valence-corrected chi connectivity index (χ0v) is 5.77. The van der Waals surface area contributed by atoms with Gasteiger partial charge in [0.15, 0.2) is 5.82 Å². The van der Waals surface area contributed by atoms with Crippen LogP contribution < -0.4 is 0 Å². The summed E-state index contributed by atoms with van der Waals surface area (Å²) in [5.74, 6) is 1.43. The van der Waals surface area contributed by atoms with Crippen molar-refractivity contribution in [3.05, 3.63) is 12.2 Å². The van der Waals surface area contributed by atoms with Gasteiger partial charge in [-0.05, 0) is 6.92 Å². The molecular weight excluding hydrogens is 146 g/mol. The van der Waals surface area contributed by atoms with Crippen molar-refractivity contribution >= 4 is 0 Å². The van der Waals surface area contributed by atoms with Crippen LogP contribution >= 0.6 is 0 Å². The van der Waals surface area contributed by atoms with Crippen LogP contribution in [0.5, 0.6) is 0 Å². The number of aryl methyl sites for hydroxylation is 1. The van der Waals surface area contributed by atoms with E-state index >= 15 is 0 Å². The van der Waals surface area contributed by atoms with Crippen molar-refractivity contribution in [1.82, 2.24) is 25.3 Å². The van der Waals surface area contributed by atoms with Crippen LogP contribution in [0.1, 0.15) is 5.82 Å². The van der Waals surface area contributed by atoms with E-state index in [1.165, 1.54) is 6.33 Å². The minimum atomic E-state index is 0.361. The molecule has 2 aromatic heterocycles. The number of hydrogen-bond donors (Lipinski definition) is 1. The highest BCUT2D eigenvalue weighted by atomic mass is 16.5. The van der Waals surface area contributed by atoms with Gasteiger partial charge in [-0.2, -0.15) is 10.1 Å². The third kappa shape index (κ3) is 0.977. The first-order valence-electron chi connectivity index (χ1n) is 3.02. The SMILES string of the molecule is Cc1noc(-c2ncn[nH]2)n1. The number of rotatable bonds is 1. The van der Waals surface area contributed by atoms with Crippen molar-refractivity contribution < 1.29 is 4.52 Å². The van der Waals surface area contributed by atoms with Gasteiger partial charge in [0, 0.05) is 0 Å². The smallest absolute Gasteiger partial charge is 0.295 e. The third-order valence-electron chi connectivity index (χ3n) is 1.15. The fraction of sp³-hybridized carbons (Fsp3) is 0.200. The summed E-state index contributed by atoms with van der Waals surface area (Å²) in [6.07, 6.45) is 1.38. The Hall–Kier alpha value is -1.72. The van der Waals surface area contributed by atoms with E-state index in [4.69, 9.17) is 4.52 Å². The largest absolute Gasteiger partial charge is 0.331 e. The molecule has 0 aromatic carbocycles. The molecule has 0 aliphatic carbocycles. The molecule has 11 heavy (non-hydrogen) atoms. The summed E-state index contributed by atoms with van der Waals surface area (Å²) in [6.45, 7) is 1.74. The van der Waals surface area contributed by atoms with Crippen LogP contribution in [0.2, 0.25) is 0 Å². The molecule has 0 spiro atoms. The monoisotopic (exact) mass is 151 g/mol. The highest BCUT2D eigenvalue weighted by Gasteiger charge is 2.07. The molecule has 2 heterocycles. The molecule has 0 radical (unpaired) electrons. The van der Waals surface area contributed by atoms with Crippen molar-refractivity contribution in [3.63, 3.8) is 0 Å². The standard InChI is InChI=1S/C5H5N5O/c1-3-8-5(11-10-3)4-6-2-7-9-4/h2H,1H3,(H,6,7,9). The summed E-state index contributed by atoms with van der Waals surface area (Å²) in [5, 5.41) is 9.85. The second kappa shape index (κ2) is 2.15. The van der Waals surface area contributed by atoms with Gasteiger partial charge in [0.1, 0.15) is 6.33 Å². The van der Waals surface area contributed by atoms with Crippen molar-refractivity contribution in [2.75, 3.05) is 0 Å². The van der Waals surface area contributed by atoms with Crippen LogP contribution in [0, 0.1) is 6.92 Å². The normalized spacial score (nSPS) is 10.3. The molecule has 2 rings (SSSR count). The highest BCUT2D eigenvalue weighted by Crippen LogP contribution is 2.08. The molecule has 0 aliphatic rings. The number of nitrogens with one attached hydrogen (secondary N) is 1. The summed E-state index contributed by atoms with van der Waals surface area (Å²) in [4.78, 5) is 7.78. The van der Waals surface area contributed by atoms with Gasteiger partial charge in [-0.3, -0.25) is 5.10 Å². The summed E-state index contributed by atoms with van der Waals surface area (Å²) in [7, 11) is 0. The first-order valence-corrected chi connectivity index (χ1v) is 3.02. The molecule has 6 heteroatoms. The van der Waals surface area contributed by atoms with Gasteiger partial charge in [-0.15, -0.1) is 0 Å². The molecule has 0 fully saturated rings. The molecular formula is C5H5N5O. The van der Waals surface area contributed by atoms with Gasteiger partial charge < -0.3 is 4.52 Å². The van der Waals surface area contributed by atoms with E-state index in [-0.39, 0.29) is 0 Å². The van der Waals surface area contributed by atoms with Crippen LogP contribution in [-0.2, 0) is 0 Å². The second-order valence-electron chi connectivity index (χ2n) is 1.98. The lowest BCUT2D eigenvalue weighted by Crippen LogP contribution is -1.80. The Morgan fingerprint density at radius 2 is 2.45 bits per heavy atom. The van der Waals surface area contributed by atoms with E-state index in [0.29, 0.717) is 17.5 Å². The molecule has 56 valence electrons. The van der Waals surface area contributed by atoms with Gasteiger partial charge in [-0.1, -0.05) is 5.16 Å². The van der Waals surface area contributed by atoms with E-state index in [1.54, 1.807) is 6.92 Å². The summed E-state index contributed by atoms with van der Waals surface area (Å²) in [6, 6.07) is 0. The third-order valence-corrected chi connectivity index (χ3v) is 1.15. The predicted molar refractivity (Wildman–Crippen MR) is 34.4 cm³/mol. The quantitative estimate of drug-likeness (QED) is 0.628. The van der Waals surface area contributed by atoms with Gasteiger partial charge in [0.05, 0.1) is 0 Å². The Kier molecular flexibility index (Phi) is 1.18. The first-order chi connectivity index (χ1) is 5.36.